The number of rotatable bonds is 6. The third kappa shape index (κ3) is 4.77. The van der Waals surface area contributed by atoms with Crippen LogP contribution in [0.5, 0.6) is 0 Å². The van der Waals surface area contributed by atoms with Crippen LogP contribution in [0.4, 0.5) is 23.1 Å². The number of nitrogens with zero attached hydrogens (tertiary/aromatic N) is 3. The molecule has 2 N–H and O–H groups in total. The SMILES string of the molecule is Cc1ccc(S(=O)(=O)Nc2ccc(Nc3nc(C)cc(N(C)C)n3)cc2)cc1. The van der Waals surface area contributed by atoms with Gasteiger partial charge in [0.1, 0.15) is 5.82 Å². The first-order valence-corrected chi connectivity index (χ1v) is 10.2. The number of sulfonamides is 1. The van der Waals surface area contributed by atoms with Crippen LogP contribution in [0.3, 0.4) is 0 Å². The van der Waals surface area contributed by atoms with E-state index in [1.54, 1.807) is 48.5 Å². The Morgan fingerprint density at radius 3 is 2.07 bits per heavy atom. The van der Waals surface area contributed by atoms with Crippen LogP contribution in [-0.2, 0) is 10.0 Å². The molecular weight excluding hydrogens is 374 g/mol. The second-order valence-corrected chi connectivity index (χ2v) is 8.39. The molecular formula is C20H23N5O2S. The van der Waals surface area contributed by atoms with Crippen LogP contribution in [0.2, 0.25) is 0 Å². The van der Waals surface area contributed by atoms with Crippen molar-refractivity contribution in [2.45, 2.75) is 18.7 Å². The number of benzene rings is 2. The molecule has 0 saturated carbocycles. The van der Waals surface area contributed by atoms with Crippen LogP contribution in [0.1, 0.15) is 11.3 Å². The van der Waals surface area contributed by atoms with Crippen molar-refractivity contribution in [2.75, 3.05) is 29.0 Å². The molecule has 146 valence electrons. The van der Waals surface area contributed by atoms with Crippen molar-refractivity contribution in [3.63, 3.8) is 0 Å². The minimum atomic E-state index is -3.62. The zero-order valence-corrected chi connectivity index (χ0v) is 17.1. The molecule has 1 heterocycles. The fourth-order valence-electron chi connectivity index (χ4n) is 2.52. The molecule has 0 saturated heterocycles. The first-order valence-electron chi connectivity index (χ1n) is 8.72. The summed E-state index contributed by atoms with van der Waals surface area (Å²) in [7, 11) is 0.211. The van der Waals surface area contributed by atoms with Crippen molar-refractivity contribution >= 4 is 33.2 Å². The highest BCUT2D eigenvalue weighted by molar-refractivity contribution is 7.92. The average molecular weight is 398 g/mol. The van der Waals surface area contributed by atoms with Gasteiger partial charge in [0.05, 0.1) is 4.90 Å². The molecule has 0 unspecified atom stereocenters. The Bertz CT molecular complexity index is 1060. The molecule has 8 heteroatoms. The van der Waals surface area contributed by atoms with Crippen LogP contribution < -0.4 is 14.9 Å². The first-order chi connectivity index (χ1) is 13.2. The van der Waals surface area contributed by atoms with Gasteiger partial charge in [0.2, 0.25) is 5.95 Å². The van der Waals surface area contributed by atoms with Crippen LogP contribution >= 0.6 is 0 Å². The summed E-state index contributed by atoms with van der Waals surface area (Å²) in [5.74, 6) is 1.29. The summed E-state index contributed by atoms with van der Waals surface area (Å²) >= 11 is 0. The zero-order chi connectivity index (χ0) is 20.3. The van der Waals surface area contributed by atoms with E-state index in [9.17, 15) is 8.42 Å². The Kier molecular flexibility index (Phi) is 5.51. The number of anilines is 4. The molecule has 0 amide bonds. The predicted molar refractivity (Wildman–Crippen MR) is 113 cm³/mol. The van der Waals surface area contributed by atoms with Crippen LogP contribution in [0.15, 0.2) is 59.5 Å². The molecule has 1 aromatic heterocycles. The molecule has 0 aliphatic rings. The Morgan fingerprint density at radius 1 is 0.857 bits per heavy atom. The van der Waals surface area contributed by atoms with Crippen molar-refractivity contribution in [3.05, 3.63) is 65.9 Å². The van der Waals surface area contributed by atoms with Crippen LogP contribution in [-0.4, -0.2) is 32.5 Å². The highest BCUT2D eigenvalue weighted by atomic mass is 32.2. The van der Waals surface area contributed by atoms with E-state index < -0.39 is 10.0 Å². The van der Waals surface area contributed by atoms with E-state index in [2.05, 4.69) is 20.0 Å². The monoisotopic (exact) mass is 397 g/mol. The quantitative estimate of drug-likeness (QED) is 0.659. The summed E-state index contributed by atoms with van der Waals surface area (Å²) in [6.07, 6.45) is 0. The second kappa shape index (κ2) is 7.85. The Hall–Kier alpha value is -3.13. The van der Waals surface area contributed by atoms with Crippen molar-refractivity contribution in [3.8, 4) is 0 Å². The Labute approximate surface area is 165 Å². The van der Waals surface area contributed by atoms with Crippen molar-refractivity contribution < 1.29 is 8.42 Å². The summed E-state index contributed by atoms with van der Waals surface area (Å²) in [5.41, 5.74) is 3.09. The number of hydrogen-bond acceptors (Lipinski definition) is 6. The van der Waals surface area contributed by atoms with E-state index in [1.165, 1.54) is 0 Å². The average Bonchev–Trinajstić information content (AvgIpc) is 2.63. The largest absolute Gasteiger partial charge is 0.363 e. The smallest absolute Gasteiger partial charge is 0.261 e. The van der Waals surface area contributed by atoms with Crippen molar-refractivity contribution in [2.24, 2.45) is 0 Å². The number of nitrogens with one attached hydrogen (secondary N) is 2. The lowest BCUT2D eigenvalue weighted by Gasteiger charge is -2.14. The zero-order valence-electron chi connectivity index (χ0n) is 16.3. The van der Waals surface area contributed by atoms with E-state index in [4.69, 9.17) is 0 Å². The minimum absolute atomic E-state index is 0.227. The number of aryl methyl sites for hydroxylation is 2. The van der Waals surface area contributed by atoms with E-state index in [0.717, 1.165) is 22.8 Å². The molecule has 0 aliphatic heterocycles. The lowest BCUT2D eigenvalue weighted by molar-refractivity contribution is 0.601. The molecule has 0 aliphatic carbocycles. The summed E-state index contributed by atoms with van der Waals surface area (Å²) in [4.78, 5) is 11.0. The van der Waals surface area contributed by atoms with E-state index in [-0.39, 0.29) is 4.90 Å². The topological polar surface area (TPSA) is 87.2 Å². The summed E-state index contributed by atoms with van der Waals surface area (Å²) in [6.45, 7) is 3.82. The lowest BCUT2D eigenvalue weighted by Crippen LogP contribution is -2.13. The van der Waals surface area contributed by atoms with Gasteiger partial charge in [0.15, 0.2) is 0 Å². The van der Waals surface area contributed by atoms with Gasteiger partial charge in [-0.3, -0.25) is 4.72 Å². The van der Waals surface area contributed by atoms with Gasteiger partial charge in [0, 0.05) is 37.2 Å². The molecule has 2 aromatic carbocycles. The highest BCUT2D eigenvalue weighted by Gasteiger charge is 2.13. The van der Waals surface area contributed by atoms with Gasteiger partial charge >= 0.3 is 0 Å². The summed E-state index contributed by atoms with van der Waals surface area (Å²) in [6, 6.07) is 15.5. The predicted octanol–water partition coefficient (Wildman–Crippen LogP) is 3.70. The number of hydrogen-bond donors (Lipinski definition) is 2. The van der Waals surface area contributed by atoms with Crippen molar-refractivity contribution in [1.82, 2.24) is 9.97 Å². The van der Waals surface area contributed by atoms with Gasteiger partial charge in [-0.2, -0.15) is 4.98 Å². The fourth-order valence-corrected chi connectivity index (χ4v) is 3.58. The second-order valence-electron chi connectivity index (χ2n) is 6.71. The van der Waals surface area contributed by atoms with E-state index in [1.807, 2.05) is 38.9 Å². The molecule has 0 atom stereocenters. The van der Waals surface area contributed by atoms with Gasteiger partial charge in [0.25, 0.3) is 10.0 Å². The normalized spacial score (nSPS) is 11.1. The maximum atomic E-state index is 12.5. The van der Waals surface area contributed by atoms with E-state index in [0.29, 0.717) is 11.6 Å². The third-order valence-electron chi connectivity index (χ3n) is 4.02. The van der Waals surface area contributed by atoms with Gasteiger partial charge in [-0.1, -0.05) is 17.7 Å². The maximum absolute atomic E-state index is 12.5. The van der Waals surface area contributed by atoms with E-state index >= 15 is 0 Å². The molecule has 0 spiro atoms. The summed E-state index contributed by atoms with van der Waals surface area (Å²) < 4.78 is 27.5. The third-order valence-corrected chi connectivity index (χ3v) is 5.42. The van der Waals surface area contributed by atoms with Crippen LogP contribution in [0, 0.1) is 13.8 Å². The molecule has 0 radical (unpaired) electrons. The maximum Gasteiger partial charge on any atom is 0.261 e. The highest BCUT2D eigenvalue weighted by Crippen LogP contribution is 2.21. The fraction of sp³-hybridized carbons (Fsp3) is 0.200. The molecule has 3 rings (SSSR count). The molecule has 0 bridgehead atoms. The van der Waals surface area contributed by atoms with Crippen LogP contribution in [0.25, 0.3) is 0 Å². The standard InChI is InChI=1S/C20H23N5O2S/c1-14-5-11-18(12-6-14)28(26,27)24-17-9-7-16(8-10-17)22-20-21-15(2)13-19(23-20)25(3)4/h5-13,24H,1-4H3,(H,21,22,23). The number of aromatic nitrogens is 2. The summed E-state index contributed by atoms with van der Waals surface area (Å²) in [5, 5.41) is 3.14. The lowest BCUT2D eigenvalue weighted by atomic mass is 10.2. The van der Waals surface area contributed by atoms with Gasteiger partial charge < -0.3 is 10.2 Å². The van der Waals surface area contributed by atoms with Gasteiger partial charge in [-0.05, 0) is 50.2 Å². The first kappa shape index (κ1) is 19.6. The molecule has 28 heavy (non-hydrogen) atoms. The van der Waals surface area contributed by atoms with Crippen molar-refractivity contribution in [1.29, 1.82) is 0 Å². The van der Waals surface area contributed by atoms with Gasteiger partial charge in [-0.15, -0.1) is 0 Å². The molecule has 0 fully saturated rings. The molecule has 3 aromatic rings. The minimum Gasteiger partial charge on any atom is -0.363 e. The Morgan fingerprint density at radius 2 is 1.46 bits per heavy atom. The Balaban J connectivity index is 1.74. The van der Waals surface area contributed by atoms with Gasteiger partial charge in [-0.25, -0.2) is 13.4 Å². The molecule has 7 nitrogen and oxygen atoms in total.